The quantitative estimate of drug-likeness (QED) is 0.145. The van der Waals surface area contributed by atoms with Gasteiger partial charge < -0.3 is 0 Å². The van der Waals surface area contributed by atoms with Gasteiger partial charge in [-0.3, -0.25) is 0 Å². The number of benzene rings is 4. The summed E-state index contributed by atoms with van der Waals surface area (Å²) in [7, 11) is 0. The van der Waals surface area contributed by atoms with Gasteiger partial charge in [-0.25, -0.2) is 0 Å². The van der Waals surface area contributed by atoms with E-state index in [4.69, 9.17) is 0 Å². The molecule has 0 aliphatic carbocycles. The first kappa shape index (κ1) is 28.0. The zero-order chi connectivity index (χ0) is 26.9. The van der Waals surface area contributed by atoms with Crippen molar-refractivity contribution in [1.82, 2.24) is 0 Å². The van der Waals surface area contributed by atoms with Crippen LogP contribution in [-0.4, -0.2) is 5.43 Å². The molecule has 0 atom stereocenters. The van der Waals surface area contributed by atoms with Gasteiger partial charge in [-0.05, 0) is 0 Å². The second kappa shape index (κ2) is 13.7. The van der Waals surface area contributed by atoms with Crippen molar-refractivity contribution in [1.29, 1.82) is 0 Å². The van der Waals surface area contributed by atoms with E-state index in [0.29, 0.717) is 0 Å². The van der Waals surface area contributed by atoms with Crippen LogP contribution in [0.4, 0.5) is 0 Å². The molecule has 0 unspecified atom stereocenters. The Kier molecular flexibility index (Phi) is 10.0. The summed E-state index contributed by atoms with van der Waals surface area (Å²) in [5.41, 5.74) is 7.91. The molecule has 2 heteroatoms. The fourth-order valence-electron chi connectivity index (χ4n) is 4.53. The van der Waals surface area contributed by atoms with E-state index in [1.165, 1.54) is 54.5 Å². The molecule has 0 saturated heterocycles. The molecule has 0 N–H and O–H groups in total. The van der Waals surface area contributed by atoms with Crippen LogP contribution in [0.2, 0.25) is 0 Å². The Morgan fingerprint density at radius 1 is 0.553 bits per heavy atom. The second-order valence-corrected chi connectivity index (χ2v) is 15.2. The smallest absolute Gasteiger partial charge is 0.0623 e. The molecule has 0 nitrogen and oxygen atoms in total. The molecule has 0 saturated carbocycles. The van der Waals surface area contributed by atoms with Gasteiger partial charge in [-0.15, -0.1) is 46.7 Å². The Morgan fingerprint density at radius 3 is 1.47 bits per heavy atom. The van der Waals surface area contributed by atoms with E-state index in [9.17, 15) is 0 Å². The van der Waals surface area contributed by atoms with E-state index in [1.54, 1.807) is 23.3 Å². The SMILES string of the molecule is Cc1[cH-]c(C)c(C)c1C.[Zr+2]=[Si](c1ccccc1)c1ccccc1.c1ccc(-c2c[cH-]c3ccccc23)cc1. The van der Waals surface area contributed by atoms with Gasteiger partial charge in [0.05, 0.1) is 0 Å². The first-order chi connectivity index (χ1) is 18.5. The predicted molar refractivity (Wildman–Crippen MR) is 164 cm³/mol. The summed E-state index contributed by atoms with van der Waals surface area (Å²) in [5, 5.41) is 5.68. The van der Waals surface area contributed by atoms with Crippen LogP contribution in [0.1, 0.15) is 22.3 Å². The molecule has 6 aromatic carbocycles. The number of rotatable bonds is 3. The van der Waals surface area contributed by atoms with Crippen molar-refractivity contribution in [3.8, 4) is 11.1 Å². The van der Waals surface area contributed by atoms with E-state index in [1.807, 2.05) is 0 Å². The predicted octanol–water partition coefficient (Wildman–Crippen LogP) is 8.20. The van der Waals surface area contributed by atoms with E-state index in [0.717, 1.165) is 0 Å². The average Bonchev–Trinajstić information content (AvgIpc) is 3.51. The van der Waals surface area contributed by atoms with Gasteiger partial charge in [0.15, 0.2) is 0 Å². The summed E-state index contributed by atoms with van der Waals surface area (Å²) >= 11 is 1.64. The molecule has 6 aromatic rings. The zero-order valence-electron chi connectivity index (χ0n) is 22.7. The summed E-state index contributed by atoms with van der Waals surface area (Å²) in [6, 6.07) is 47.3. The molecule has 186 valence electrons. The Bertz CT molecular complexity index is 1530. The molecule has 0 radical (unpaired) electrons. The number of fused-ring (bicyclic) bond motifs is 1. The van der Waals surface area contributed by atoms with Crippen LogP contribution in [0, 0.1) is 27.7 Å². The van der Waals surface area contributed by atoms with E-state index < -0.39 is 5.43 Å². The molecule has 0 aliphatic heterocycles. The van der Waals surface area contributed by atoms with Crippen molar-refractivity contribution >= 4 is 26.6 Å². The maximum atomic E-state index is 2.25. The molecule has 0 aromatic heterocycles. The van der Waals surface area contributed by atoms with E-state index in [-0.39, 0.29) is 0 Å². The van der Waals surface area contributed by atoms with Gasteiger partial charge >= 0.3 is 99.8 Å². The van der Waals surface area contributed by atoms with Gasteiger partial charge in [0.1, 0.15) is 0 Å². The van der Waals surface area contributed by atoms with Crippen LogP contribution < -0.4 is 10.4 Å². The molecule has 38 heavy (non-hydrogen) atoms. The molecule has 0 heterocycles. The maximum Gasteiger partial charge on any atom is -0.0623 e. The minimum Gasteiger partial charge on any atom is -0.150 e. The Hall–Kier alpha value is -3.06. The van der Waals surface area contributed by atoms with Crippen LogP contribution in [0.15, 0.2) is 133 Å². The summed E-state index contributed by atoms with van der Waals surface area (Å²) in [6.07, 6.45) is 0. The number of hydrogen-bond donors (Lipinski definition) is 0. The standard InChI is InChI=1S/C15H11.C12H10Si.C9H13.Zr/c1-2-6-12(7-3-1)15-11-10-13-8-4-5-9-14(13)15;1-3-7-11(8-4-1)13-12-9-5-2-6-10-12;1-6-5-7(2)9(4)8(6)3;/h1-11H;1-10H;5H,1-4H3;/q-1;;-1;+2. The zero-order valence-corrected chi connectivity index (χ0v) is 26.2. The van der Waals surface area contributed by atoms with Crippen LogP contribution in [-0.2, 0) is 23.3 Å². The number of aryl methyl sites for hydroxylation is 2. The second-order valence-electron chi connectivity index (χ2n) is 9.57. The third kappa shape index (κ3) is 7.07. The molecule has 0 amide bonds. The Balaban J connectivity index is 0.000000137. The van der Waals surface area contributed by atoms with Crippen molar-refractivity contribution < 1.29 is 23.3 Å². The number of hydrogen-bond acceptors (Lipinski definition) is 0. The van der Waals surface area contributed by atoms with Gasteiger partial charge in [-0.1, -0.05) is 69.7 Å². The average molecular weight is 586 g/mol. The molecular weight excluding hydrogens is 552 g/mol. The van der Waals surface area contributed by atoms with Crippen LogP contribution in [0.3, 0.4) is 0 Å². The summed E-state index contributed by atoms with van der Waals surface area (Å²) < 4.78 is 0. The molecule has 6 rings (SSSR count). The van der Waals surface area contributed by atoms with E-state index >= 15 is 0 Å². The first-order valence-corrected chi connectivity index (χ1v) is 18.2. The van der Waals surface area contributed by atoms with Crippen molar-refractivity contribution in [2.75, 3.05) is 0 Å². The minimum absolute atomic E-state index is 0.455. The van der Waals surface area contributed by atoms with Crippen LogP contribution in [0.25, 0.3) is 21.9 Å². The van der Waals surface area contributed by atoms with Crippen LogP contribution >= 0.6 is 0 Å². The van der Waals surface area contributed by atoms with Gasteiger partial charge in [0.25, 0.3) is 0 Å². The third-order valence-corrected chi connectivity index (χ3v) is 13.1. The molecule has 0 aliphatic rings. The van der Waals surface area contributed by atoms with Crippen LogP contribution in [0.5, 0.6) is 0 Å². The molecule has 0 fully saturated rings. The first-order valence-electron chi connectivity index (χ1n) is 13.0. The van der Waals surface area contributed by atoms with Crippen molar-refractivity contribution in [2.45, 2.75) is 27.7 Å². The van der Waals surface area contributed by atoms with Crippen molar-refractivity contribution in [3.63, 3.8) is 0 Å². The normalized spacial score (nSPS) is 10.3. The van der Waals surface area contributed by atoms with Gasteiger partial charge in [-0.2, -0.15) is 28.3 Å². The summed E-state index contributed by atoms with van der Waals surface area (Å²) in [6.45, 7) is 8.68. The maximum absolute atomic E-state index is 2.25. The largest absolute Gasteiger partial charge is 0.150 e. The molecule has 0 spiro atoms. The monoisotopic (exact) mass is 584 g/mol. The van der Waals surface area contributed by atoms with Crippen molar-refractivity contribution in [2.24, 2.45) is 0 Å². The Labute approximate surface area is 243 Å². The topological polar surface area (TPSA) is 0 Å². The molecule has 0 bridgehead atoms. The Morgan fingerprint density at radius 2 is 1.00 bits per heavy atom. The summed E-state index contributed by atoms with van der Waals surface area (Å²) in [5.74, 6) is 0. The summed E-state index contributed by atoms with van der Waals surface area (Å²) in [4.78, 5) is 0. The molecular formula is C36H34SiZr. The fraction of sp³-hybridized carbons (Fsp3) is 0.111. The van der Waals surface area contributed by atoms with Crippen molar-refractivity contribution in [3.05, 3.63) is 156 Å². The third-order valence-electron chi connectivity index (χ3n) is 7.07. The van der Waals surface area contributed by atoms with E-state index in [2.05, 4.69) is 161 Å². The van der Waals surface area contributed by atoms with Gasteiger partial charge in [0.2, 0.25) is 0 Å². The fourth-order valence-corrected chi connectivity index (χ4v) is 8.37. The van der Waals surface area contributed by atoms with Gasteiger partial charge in [0, 0.05) is 0 Å². The minimum atomic E-state index is -0.455.